The number of nitrogens with one attached hydrogen (secondary N) is 1. The van der Waals surface area contributed by atoms with Gasteiger partial charge < -0.3 is 4.74 Å². The van der Waals surface area contributed by atoms with E-state index in [9.17, 15) is 10.1 Å². The Balaban J connectivity index is 2.13. The van der Waals surface area contributed by atoms with Crippen molar-refractivity contribution in [3.63, 3.8) is 0 Å². The summed E-state index contributed by atoms with van der Waals surface area (Å²) in [7, 11) is 1.58. The predicted molar refractivity (Wildman–Crippen MR) is 89.2 cm³/mol. The van der Waals surface area contributed by atoms with Crippen LogP contribution in [0.1, 0.15) is 30.3 Å². The standard InChI is InChI=1S/C16H16N4O2S/c1-10(2)15-19-20-16(23-15)18-14(21)12(9-17)8-11-4-6-13(22-3)7-5-11/h4-8,10H,1-3H3,(H,18,20,21)/b12-8-. The summed E-state index contributed by atoms with van der Waals surface area (Å²) >= 11 is 1.30. The highest BCUT2D eigenvalue weighted by Gasteiger charge is 2.14. The largest absolute Gasteiger partial charge is 0.497 e. The summed E-state index contributed by atoms with van der Waals surface area (Å²) in [4.78, 5) is 12.2. The molecule has 0 saturated carbocycles. The summed E-state index contributed by atoms with van der Waals surface area (Å²) in [6.07, 6.45) is 1.51. The van der Waals surface area contributed by atoms with Crippen molar-refractivity contribution in [3.05, 3.63) is 40.4 Å². The summed E-state index contributed by atoms with van der Waals surface area (Å²) in [5.74, 6) is 0.443. The van der Waals surface area contributed by atoms with Gasteiger partial charge in [-0.1, -0.05) is 37.3 Å². The number of nitriles is 1. The van der Waals surface area contributed by atoms with Crippen LogP contribution in [0.5, 0.6) is 5.75 Å². The number of anilines is 1. The molecule has 118 valence electrons. The fourth-order valence-corrected chi connectivity index (χ4v) is 2.44. The van der Waals surface area contributed by atoms with E-state index in [1.807, 2.05) is 19.9 Å². The highest BCUT2D eigenvalue weighted by atomic mass is 32.1. The van der Waals surface area contributed by atoms with Gasteiger partial charge in [0, 0.05) is 5.92 Å². The molecule has 2 aromatic rings. The Morgan fingerprint density at radius 1 is 1.35 bits per heavy atom. The number of methoxy groups -OCH3 is 1. The van der Waals surface area contributed by atoms with Gasteiger partial charge in [0.15, 0.2) is 0 Å². The topological polar surface area (TPSA) is 87.9 Å². The maximum absolute atomic E-state index is 12.2. The van der Waals surface area contributed by atoms with Crippen molar-refractivity contribution in [2.75, 3.05) is 12.4 Å². The van der Waals surface area contributed by atoms with Crippen LogP contribution in [0.15, 0.2) is 29.8 Å². The number of hydrogen-bond donors (Lipinski definition) is 1. The number of amides is 1. The first-order valence-electron chi connectivity index (χ1n) is 6.94. The number of aromatic nitrogens is 2. The molecule has 0 aliphatic rings. The van der Waals surface area contributed by atoms with Crippen molar-refractivity contribution in [1.29, 1.82) is 5.26 Å². The van der Waals surface area contributed by atoms with Crippen LogP contribution in [0.3, 0.4) is 0 Å². The van der Waals surface area contributed by atoms with Gasteiger partial charge in [0.05, 0.1) is 7.11 Å². The van der Waals surface area contributed by atoms with E-state index in [1.165, 1.54) is 17.4 Å². The minimum absolute atomic E-state index is 0.00327. The molecule has 23 heavy (non-hydrogen) atoms. The monoisotopic (exact) mass is 328 g/mol. The predicted octanol–water partition coefficient (Wildman–Crippen LogP) is 3.22. The molecule has 0 aliphatic heterocycles. The Morgan fingerprint density at radius 2 is 2.04 bits per heavy atom. The van der Waals surface area contributed by atoms with Gasteiger partial charge in [-0.25, -0.2) is 0 Å². The average molecular weight is 328 g/mol. The summed E-state index contributed by atoms with van der Waals surface area (Å²) in [6.45, 7) is 3.99. The lowest BCUT2D eigenvalue weighted by Gasteiger charge is -2.01. The Kier molecular flexibility index (Phi) is 5.44. The number of carbonyl (C=O) groups excluding carboxylic acids is 1. The zero-order valence-corrected chi connectivity index (χ0v) is 13.8. The molecule has 6 nitrogen and oxygen atoms in total. The van der Waals surface area contributed by atoms with Crippen LogP contribution in [0.2, 0.25) is 0 Å². The van der Waals surface area contributed by atoms with Crippen molar-refractivity contribution in [1.82, 2.24) is 10.2 Å². The van der Waals surface area contributed by atoms with E-state index < -0.39 is 5.91 Å². The first-order chi connectivity index (χ1) is 11.0. The molecule has 0 aliphatic carbocycles. The van der Waals surface area contributed by atoms with Gasteiger partial charge in [0.1, 0.15) is 22.4 Å². The molecule has 1 aromatic heterocycles. The van der Waals surface area contributed by atoms with Crippen molar-refractivity contribution >= 4 is 28.5 Å². The van der Waals surface area contributed by atoms with Gasteiger partial charge in [-0.05, 0) is 23.8 Å². The van der Waals surface area contributed by atoms with Gasteiger partial charge in [-0.15, -0.1) is 10.2 Å². The third kappa shape index (κ3) is 4.37. The molecule has 0 bridgehead atoms. The van der Waals surface area contributed by atoms with Crippen LogP contribution in [-0.4, -0.2) is 23.2 Å². The molecule has 0 saturated heterocycles. The molecule has 0 unspecified atom stereocenters. The van der Waals surface area contributed by atoms with Crippen LogP contribution in [0, 0.1) is 11.3 Å². The molecular weight excluding hydrogens is 312 g/mol. The van der Waals surface area contributed by atoms with E-state index in [0.29, 0.717) is 10.9 Å². The highest BCUT2D eigenvalue weighted by Crippen LogP contribution is 2.23. The molecule has 1 N–H and O–H groups in total. The Labute approximate surface area is 138 Å². The normalized spacial score (nSPS) is 11.2. The third-order valence-corrected chi connectivity index (χ3v) is 4.09. The van der Waals surface area contributed by atoms with E-state index in [1.54, 1.807) is 31.4 Å². The highest BCUT2D eigenvalue weighted by molar-refractivity contribution is 7.15. The van der Waals surface area contributed by atoms with E-state index in [-0.39, 0.29) is 11.5 Å². The molecule has 0 radical (unpaired) electrons. The minimum atomic E-state index is -0.505. The molecule has 7 heteroatoms. The lowest BCUT2D eigenvalue weighted by Crippen LogP contribution is -2.13. The first-order valence-corrected chi connectivity index (χ1v) is 7.75. The number of carbonyl (C=O) groups is 1. The van der Waals surface area contributed by atoms with Crippen LogP contribution >= 0.6 is 11.3 Å². The maximum Gasteiger partial charge on any atom is 0.268 e. The van der Waals surface area contributed by atoms with Crippen molar-refractivity contribution in [2.45, 2.75) is 19.8 Å². The molecule has 0 fully saturated rings. The van der Waals surface area contributed by atoms with Crippen molar-refractivity contribution in [2.24, 2.45) is 0 Å². The molecule has 1 aromatic carbocycles. The Bertz CT molecular complexity index is 757. The lowest BCUT2D eigenvalue weighted by molar-refractivity contribution is -0.112. The van der Waals surface area contributed by atoms with Gasteiger partial charge in [0.25, 0.3) is 5.91 Å². The Morgan fingerprint density at radius 3 is 2.57 bits per heavy atom. The number of hydrogen-bond acceptors (Lipinski definition) is 6. The second kappa shape index (κ2) is 7.51. The lowest BCUT2D eigenvalue weighted by atomic mass is 10.1. The van der Waals surface area contributed by atoms with Crippen LogP contribution < -0.4 is 10.1 Å². The quantitative estimate of drug-likeness (QED) is 0.672. The molecule has 2 rings (SSSR count). The summed E-state index contributed by atoms with van der Waals surface area (Å²) in [5, 5.41) is 20.9. The maximum atomic E-state index is 12.2. The number of nitrogens with zero attached hydrogens (tertiary/aromatic N) is 3. The summed E-state index contributed by atoms with van der Waals surface area (Å²) < 4.78 is 5.07. The van der Waals surface area contributed by atoms with Crippen molar-refractivity contribution in [3.8, 4) is 11.8 Å². The first kappa shape index (κ1) is 16.6. The van der Waals surface area contributed by atoms with Crippen molar-refractivity contribution < 1.29 is 9.53 Å². The Hall–Kier alpha value is -2.72. The van der Waals surface area contributed by atoms with E-state index in [2.05, 4.69) is 15.5 Å². The van der Waals surface area contributed by atoms with Crippen LogP contribution in [0.25, 0.3) is 6.08 Å². The molecule has 1 amide bonds. The minimum Gasteiger partial charge on any atom is -0.497 e. The third-order valence-electron chi connectivity index (χ3n) is 2.95. The molecular formula is C16H16N4O2S. The number of rotatable bonds is 5. The number of benzene rings is 1. The molecule has 0 spiro atoms. The SMILES string of the molecule is COc1ccc(/C=C(/C#N)C(=O)Nc2nnc(C(C)C)s2)cc1. The summed E-state index contributed by atoms with van der Waals surface area (Å²) in [5.41, 5.74) is 0.731. The fraction of sp³-hybridized carbons (Fsp3) is 0.250. The van der Waals surface area contributed by atoms with E-state index in [4.69, 9.17) is 4.74 Å². The zero-order chi connectivity index (χ0) is 16.8. The number of ether oxygens (including phenoxy) is 1. The summed E-state index contributed by atoms with van der Waals surface area (Å²) in [6, 6.07) is 8.97. The van der Waals surface area contributed by atoms with Gasteiger partial charge in [-0.3, -0.25) is 10.1 Å². The second-order valence-corrected chi connectivity index (χ2v) is 6.01. The second-order valence-electron chi connectivity index (χ2n) is 5.00. The molecule has 0 atom stereocenters. The molecule has 1 heterocycles. The van der Waals surface area contributed by atoms with Crippen LogP contribution in [0.4, 0.5) is 5.13 Å². The fourth-order valence-electron chi connectivity index (χ4n) is 1.70. The zero-order valence-electron chi connectivity index (χ0n) is 13.0. The smallest absolute Gasteiger partial charge is 0.268 e. The van der Waals surface area contributed by atoms with E-state index >= 15 is 0 Å². The van der Waals surface area contributed by atoms with Gasteiger partial charge in [-0.2, -0.15) is 5.26 Å². The van der Waals surface area contributed by atoms with Gasteiger partial charge in [0.2, 0.25) is 5.13 Å². The van der Waals surface area contributed by atoms with Crippen LogP contribution in [-0.2, 0) is 4.79 Å². The van der Waals surface area contributed by atoms with Gasteiger partial charge >= 0.3 is 0 Å². The van der Waals surface area contributed by atoms with E-state index in [0.717, 1.165) is 10.6 Å². The average Bonchev–Trinajstić information content (AvgIpc) is 3.01.